The number of amides is 1. The summed E-state index contributed by atoms with van der Waals surface area (Å²) >= 11 is 0. The number of ketones is 1. The van der Waals surface area contributed by atoms with Crippen LogP contribution >= 0.6 is 0 Å². The number of likely N-dealkylation sites (tertiary alicyclic amines) is 1. The number of carbonyl (C=O) groups excluding carboxylic acids is 2. The van der Waals surface area contributed by atoms with Crippen molar-refractivity contribution in [2.75, 3.05) is 45.2 Å². The van der Waals surface area contributed by atoms with Crippen molar-refractivity contribution in [2.24, 2.45) is 0 Å². The zero-order chi connectivity index (χ0) is 24.3. The summed E-state index contributed by atoms with van der Waals surface area (Å²) < 4.78 is 0. The van der Waals surface area contributed by atoms with Gasteiger partial charge in [-0.1, -0.05) is 43.7 Å². The minimum Gasteiger partial charge on any atom is -0.507 e. The number of hydrogen-bond acceptors (Lipinski definition) is 5. The average Bonchev–Trinajstić information content (AvgIpc) is 3.05. The second-order valence-corrected chi connectivity index (χ2v) is 8.82. The van der Waals surface area contributed by atoms with Crippen LogP contribution in [0.1, 0.15) is 42.1 Å². The Morgan fingerprint density at radius 2 is 1.64 bits per heavy atom. The van der Waals surface area contributed by atoms with Crippen LogP contribution in [0.3, 0.4) is 0 Å². The van der Waals surface area contributed by atoms with Crippen LogP contribution in [0.5, 0.6) is 0 Å². The molecule has 1 amide bonds. The first-order valence-corrected chi connectivity index (χ1v) is 11.5. The van der Waals surface area contributed by atoms with Gasteiger partial charge >= 0.3 is 0 Å². The first-order valence-electron chi connectivity index (χ1n) is 11.5. The van der Waals surface area contributed by atoms with Gasteiger partial charge < -0.3 is 19.8 Å². The highest BCUT2D eigenvalue weighted by atomic mass is 16.3. The van der Waals surface area contributed by atoms with E-state index in [4.69, 9.17) is 0 Å². The normalized spacial score (nSPS) is 17.8. The number of nitrogens with zero attached hydrogens (tertiary/aromatic N) is 3. The molecule has 6 nitrogen and oxygen atoms in total. The summed E-state index contributed by atoms with van der Waals surface area (Å²) in [6.45, 7) is 10.8. The lowest BCUT2D eigenvalue weighted by Gasteiger charge is -2.28. The van der Waals surface area contributed by atoms with E-state index < -0.39 is 17.7 Å². The number of benzene rings is 2. The minimum absolute atomic E-state index is 0.110. The van der Waals surface area contributed by atoms with Crippen LogP contribution in [0, 0.1) is 13.8 Å². The highest BCUT2D eigenvalue weighted by Crippen LogP contribution is 2.40. The van der Waals surface area contributed by atoms with Gasteiger partial charge in [0.25, 0.3) is 11.7 Å². The van der Waals surface area contributed by atoms with E-state index in [0.717, 1.165) is 35.5 Å². The molecular formula is C27H35N3O3. The van der Waals surface area contributed by atoms with Gasteiger partial charge in [-0.15, -0.1) is 0 Å². The molecule has 0 radical (unpaired) electrons. The zero-order valence-corrected chi connectivity index (χ0v) is 20.6. The fourth-order valence-corrected chi connectivity index (χ4v) is 4.34. The molecule has 2 aromatic rings. The third-order valence-electron chi connectivity index (χ3n) is 6.46. The van der Waals surface area contributed by atoms with Gasteiger partial charge in [-0.2, -0.15) is 0 Å². The Kier molecular flexibility index (Phi) is 7.59. The van der Waals surface area contributed by atoms with Crippen molar-refractivity contribution in [1.82, 2.24) is 9.80 Å². The van der Waals surface area contributed by atoms with Crippen molar-refractivity contribution in [3.63, 3.8) is 0 Å². The Labute approximate surface area is 197 Å². The van der Waals surface area contributed by atoms with E-state index in [1.165, 1.54) is 0 Å². The van der Waals surface area contributed by atoms with Crippen molar-refractivity contribution >= 4 is 23.1 Å². The number of carbonyl (C=O) groups is 2. The Balaban J connectivity index is 2.14. The second kappa shape index (κ2) is 10.2. The van der Waals surface area contributed by atoms with Crippen LogP contribution in [-0.4, -0.2) is 66.9 Å². The van der Waals surface area contributed by atoms with Gasteiger partial charge in [0.2, 0.25) is 0 Å². The lowest BCUT2D eigenvalue weighted by molar-refractivity contribution is -0.140. The molecule has 1 aliphatic heterocycles. The molecule has 1 unspecified atom stereocenters. The maximum Gasteiger partial charge on any atom is 0.295 e. The summed E-state index contributed by atoms with van der Waals surface area (Å²) in [4.78, 5) is 32.2. The average molecular weight is 450 g/mol. The van der Waals surface area contributed by atoms with Crippen LogP contribution < -0.4 is 4.90 Å². The van der Waals surface area contributed by atoms with E-state index in [1.54, 1.807) is 4.90 Å². The number of aliphatic hydroxyl groups is 1. The van der Waals surface area contributed by atoms with E-state index in [2.05, 4.69) is 18.7 Å². The van der Waals surface area contributed by atoms with Gasteiger partial charge in [-0.3, -0.25) is 9.59 Å². The highest BCUT2D eigenvalue weighted by Gasteiger charge is 2.46. The summed E-state index contributed by atoms with van der Waals surface area (Å²) in [5.74, 6) is -1.30. The number of hydrogen-bond donors (Lipinski definition) is 1. The number of aryl methyl sites for hydroxylation is 2. The molecule has 0 aromatic heterocycles. The fraction of sp³-hybridized carbons (Fsp3) is 0.407. The number of aliphatic hydroxyl groups excluding tert-OH is 1. The maximum atomic E-state index is 13.2. The smallest absolute Gasteiger partial charge is 0.295 e. The maximum absolute atomic E-state index is 13.2. The lowest BCUT2D eigenvalue weighted by Crippen LogP contribution is -2.38. The van der Waals surface area contributed by atoms with Crippen molar-refractivity contribution in [1.29, 1.82) is 0 Å². The molecule has 0 saturated carbocycles. The summed E-state index contributed by atoms with van der Waals surface area (Å²) in [5, 5.41) is 11.3. The molecule has 176 valence electrons. The number of likely N-dealkylation sites (N-methyl/N-ethyl adjacent to an activating group) is 1. The number of anilines is 1. The molecule has 0 spiro atoms. The molecule has 1 aliphatic rings. The molecule has 1 atom stereocenters. The Hall–Kier alpha value is -3.12. The molecule has 0 bridgehead atoms. The van der Waals surface area contributed by atoms with Crippen molar-refractivity contribution in [3.05, 3.63) is 70.3 Å². The third-order valence-corrected chi connectivity index (χ3v) is 6.46. The molecule has 33 heavy (non-hydrogen) atoms. The first kappa shape index (κ1) is 24.5. The van der Waals surface area contributed by atoms with Gasteiger partial charge in [0.05, 0.1) is 11.6 Å². The number of Topliss-reactive ketones (excluding diaryl/α,β-unsaturated/α-hetero) is 1. The zero-order valence-electron chi connectivity index (χ0n) is 20.6. The van der Waals surface area contributed by atoms with Crippen LogP contribution in [0.15, 0.2) is 48.0 Å². The summed E-state index contributed by atoms with van der Waals surface area (Å²) in [6, 6.07) is 12.9. The van der Waals surface area contributed by atoms with E-state index in [0.29, 0.717) is 18.7 Å². The van der Waals surface area contributed by atoms with Gasteiger partial charge in [0.15, 0.2) is 0 Å². The quantitative estimate of drug-likeness (QED) is 0.373. The molecule has 1 heterocycles. The van der Waals surface area contributed by atoms with Gasteiger partial charge in [0.1, 0.15) is 5.76 Å². The predicted molar refractivity (Wildman–Crippen MR) is 133 cm³/mol. The van der Waals surface area contributed by atoms with Crippen molar-refractivity contribution in [3.8, 4) is 0 Å². The van der Waals surface area contributed by atoms with Gasteiger partial charge in [0, 0.05) is 38.4 Å². The lowest BCUT2D eigenvalue weighted by atomic mass is 9.93. The third kappa shape index (κ3) is 4.96. The van der Waals surface area contributed by atoms with Crippen LogP contribution in [-0.2, 0) is 9.59 Å². The fourth-order valence-electron chi connectivity index (χ4n) is 4.34. The Bertz CT molecular complexity index is 1050. The molecule has 0 aliphatic carbocycles. The van der Waals surface area contributed by atoms with Gasteiger partial charge in [-0.25, -0.2) is 0 Å². The molecule has 1 fully saturated rings. The number of rotatable bonds is 8. The summed E-state index contributed by atoms with van der Waals surface area (Å²) in [6.07, 6.45) is 0. The Morgan fingerprint density at radius 1 is 1.00 bits per heavy atom. The SMILES string of the molecule is CCN(CC)CCN1C(=O)C(=O)C(=C(O)c2cc(C)ccc2C)C1c1ccc(N(C)C)cc1. The van der Waals surface area contributed by atoms with Crippen molar-refractivity contribution in [2.45, 2.75) is 33.7 Å². The molecule has 1 N–H and O–H groups in total. The monoisotopic (exact) mass is 449 g/mol. The molecule has 6 heteroatoms. The molecule has 3 rings (SSSR count). The highest BCUT2D eigenvalue weighted by molar-refractivity contribution is 6.46. The minimum atomic E-state index is -0.630. The van der Waals surface area contributed by atoms with Crippen LogP contribution in [0.4, 0.5) is 5.69 Å². The van der Waals surface area contributed by atoms with E-state index in [-0.39, 0.29) is 11.3 Å². The van der Waals surface area contributed by atoms with Crippen LogP contribution in [0.2, 0.25) is 0 Å². The van der Waals surface area contributed by atoms with E-state index >= 15 is 0 Å². The Morgan fingerprint density at radius 3 is 2.21 bits per heavy atom. The van der Waals surface area contributed by atoms with Crippen molar-refractivity contribution < 1.29 is 14.7 Å². The largest absolute Gasteiger partial charge is 0.507 e. The molecular weight excluding hydrogens is 414 g/mol. The first-order chi connectivity index (χ1) is 15.7. The second-order valence-electron chi connectivity index (χ2n) is 8.82. The predicted octanol–water partition coefficient (Wildman–Crippen LogP) is 4.13. The topological polar surface area (TPSA) is 64.1 Å². The van der Waals surface area contributed by atoms with Crippen LogP contribution in [0.25, 0.3) is 5.76 Å². The summed E-state index contributed by atoms with van der Waals surface area (Å²) in [5.41, 5.74) is 4.41. The van der Waals surface area contributed by atoms with E-state index in [9.17, 15) is 14.7 Å². The van der Waals surface area contributed by atoms with E-state index in [1.807, 2.05) is 75.3 Å². The standard InChI is InChI=1S/C27H35N3O3/c1-7-29(8-2)15-16-30-24(20-11-13-21(14-12-20)28(5)6)23(26(32)27(30)33)25(31)22-17-18(3)9-10-19(22)4/h9-14,17,24,31H,7-8,15-16H2,1-6H3. The molecule has 2 aromatic carbocycles. The van der Waals surface area contributed by atoms with Gasteiger partial charge in [-0.05, 0) is 56.3 Å². The summed E-state index contributed by atoms with van der Waals surface area (Å²) in [7, 11) is 3.93. The molecule has 1 saturated heterocycles.